The number of halogens is 1. The predicted octanol–water partition coefficient (Wildman–Crippen LogP) is 1.67. The van der Waals surface area contributed by atoms with Crippen LogP contribution in [0.5, 0.6) is 0 Å². The van der Waals surface area contributed by atoms with Gasteiger partial charge in [-0.1, -0.05) is 11.4 Å². The molecular weight excluding hydrogens is 338 g/mol. The van der Waals surface area contributed by atoms with Crippen LogP contribution in [0.2, 0.25) is 0 Å². The predicted molar refractivity (Wildman–Crippen MR) is 72.2 cm³/mol. The fourth-order valence-electron chi connectivity index (χ4n) is 1.32. The summed E-state index contributed by atoms with van der Waals surface area (Å²) in [5.74, 6) is -0.446. The van der Waals surface area contributed by atoms with Crippen LogP contribution in [0.3, 0.4) is 0 Å². The van der Waals surface area contributed by atoms with Gasteiger partial charge in [0.2, 0.25) is 0 Å². The molecule has 11 heteroatoms. The summed E-state index contributed by atoms with van der Waals surface area (Å²) in [7, 11) is 0. The molecule has 2 aromatic heterocycles. The molecule has 19 heavy (non-hydrogen) atoms. The van der Waals surface area contributed by atoms with Crippen molar-refractivity contribution in [2.75, 3.05) is 11.9 Å². The summed E-state index contributed by atoms with van der Waals surface area (Å²) in [6.07, 6.45) is 0.982. The molecule has 0 unspecified atom stereocenters. The minimum absolute atomic E-state index is 0.268. The minimum atomic E-state index is -0.642. The van der Waals surface area contributed by atoms with Crippen molar-refractivity contribution in [3.05, 3.63) is 20.5 Å². The Morgan fingerprint density at radius 1 is 1.58 bits per heavy atom. The topological polar surface area (TPSA) is 112 Å². The number of rotatable bonds is 6. The zero-order valence-corrected chi connectivity index (χ0v) is 12.3. The Morgan fingerprint density at radius 2 is 2.37 bits per heavy atom. The molecule has 0 fully saturated rings. The molecule has 0 spiro atoms. The average Bonchev–Trinajstić information content (AvgIpc) is 2.95. The van der Waals surface area contributed by atoms with Crippen molar-refractivity contribution < 1.29 is 4.92 Å². The van der Waals surface area contributed by atoms with E-state index in [-0.39, 0.29) is 11.3 Å². The van der Waals surface area contributed by atoms with Crippen LogP contribution in [-0.2, 0) is 6.54 Å². The maximum absolute atomic E-state index is 10.6. The number of nitro groups is 1. The summed E-state index contributed by atoms with van der Waals surface area (Å²) in [4.78, 5) is 13.6. The molecule has 0 saturated carbocycles. The van der Waals surface area contributed by atoms with Crippen molar-refractivity contribution >= 4 is 38.4 Å². The van der Waals surface area contributed by atoms with Crippen molar-refractivity contribution in [2.24, 2.45) is 0 Å². The summed E-state index contributed by atoms with van der Waals surface area (Å²) in [6.45, 7) is 3.14. The van der Waals surface area contributed by atoms with Gasteiger partial charge in [0.05, 0.1) is 0 Å². The van der Waals surface area contributed by atoms with E-state index in [0.29, 0.717) is 5.69 Å². The van der Waals surface area contributed by atoms with Crippen LogP contribution in [0, 0.1) is 10.1 Å². The van der Waals surface area contributed by atoms with Gasteiger partial charge < -0.3 is 15.4 Å². The molecule has 0 aliphatic heterocycles. The lowest BCUT2D eigenvalue weighted by Gasteiger charge is -2.02. The maximum Gasteiger partial charge on any atom is 0.492 e. The van der Waals surface area contributed by atoms with Gasteiger partial charge in [0, 0.05) is 39.1 Å². The molecule has 2 heterocycles. The van der Waals surface area contributed by atoms with Crippen LogP contribution in [0.4, 0.5) is 10.9 Å². The Kier molecular flexibility index (Phi) is 4.37. The Bertz CT molecular complexity index is 583. The summed E-state index contributed by atoms with van der Waals surface area (Å²) in [5.41, 5.74) is 0.680. The first-order valence-corrected chi connectivity index (χ1v) is 6.98. The van der Waals surface area contributed by atoms with Gasteiger partial charge >= 0.3 is 5.95 Å². The molecule has 0 amide bonds. The summed E-state index contributed by atoms with van der Waals surface area (Å²) in [6, 6.07) is 0. The van der Waals surface area contributed by atoms with E-state index in [2.05, 4.69) is 47.8 Å². The first kappa shape index (κ1) is 13.8. The Hall–Kier alpha value is -1.62. The second-order valence-electron chi connectivity index (χ2n) is 3.57. The van der Waals surface area contributed by atoms with Crippen LogP contribution in [0.25, 0.3) is 0 Å². The van der Waals surface area contributed by atoms with Gasteiger partial charge in [-0.05, 0) is 16.3 Å². The molecule has 9 nitrogen and oxygen atoms in total. The van der Waals surface area contributed by atoms with Crippen molar-refractivity contribution in [3.63, 3.8) is 0 Å². The third kappa shape index (κ3) is 3.23. The van der Waals surface area contributed by atoms with E-state index in [1.807, 2.05) is 0 Å². The molecule has 2 rings (SSSR count). The van der Waals surface area contributed by atoms with Crippen molar-refractivity contribution in [1.82, 2.24) is 24.4 Å². The van der Waals surface area contributed by atoms with Crippen molar-refractivity contribution in [2.45, 2.75) is 19.9 Å². The molecule has 0 aliphatic carbocycles. The number of anilines is 1. The Labute approximate surface area is 120 Å². The zero-order valence-electron chi connectivity index (χ0n) is 9.91. The van der Waals surface area contributed by atoms with Crippen LogP contribution < -0.4 is 5.32 Å². The summed E-state index contributed by atoms with van der Waals surface area (Å²) < 4.78 is 5.51. The number of aromatic nitrogens is 5. The van der Waals surface area contributed by atoms with E-state index in [1.165, 1.54) is 16.2 Å². The molecule has 0 aromatic carbocycles. The summed E-state index contributed by atoms with van der Waals surface area (Å²) in [5, 5.41) is 22.4. The maximum atomic E-state index is 10.6. The van der Waals surface area contributed by atoms with Crippen molar-refractivity contribution in [3.8, 4) is 0 Å². The minimum Gasteiger partial charge on any atom is -0.390 e. The van der Waals surface area contributed by atoms with E-state index in [1.54, 1.807) is 0 Å². The largest absolute Gasteiger partial charge is 0.492 e. The molecule has 0 atom stereocenters. The fourth-order valence-corrected chi connectivity index (χ4v) is 2.28. The smallest absolute Gasteiger partial charge is 0.390 e. The molecule has 2 aromatic rings. The lowest BCUT2D eigenvalue weighted by Crippen LogP contribution is -2.07. The molecule has 0 aliphatic rings. The van der Waals surface area contributed by atoms with E-state index >= 15 is 0 Å². The van der Waals surface area contributed by atoms with E-state index in [0.717, 1.165) is 18.0 Å². The third-order valence-corrected chi connectivity index (χ3v) is 3.48. The normalized spacial score (nSPS) is 10.6. The van der Waals surface area contributed by atoms with Gasteiger partial charge in [0.25, 0.3) is 4.73 Å². The molecular formula is C8H10BrN7O2S. The molecule has 0 radical (unpaired) electrons. The highest BCUT2D eigenvalue weighted by Gasteiger charge is 2.21. The molecule has 1 N–H and O–H groups in total. The van der Waals surface area contributed by atoms with Gasteiger partial charge in [-0.15, -0.1) is 5.10 Å². The highest BCUT2D eigenvalue weighted by molar-refractivity contribution is 9.10. The number of nitrogens with one attached hydrogen (secondary N) is 1. The third-order valence-electron chi connectivity index (χ3n) is 2.17. The Balaban J connectivity index is 2.17. The quantitative estimate of drug-likeness (QED) is 0.624. The number of hydrogen-bond acceptors (Lipinski definition) is 8. The highest BCUT2D eigenvalue weighted by atomic mass is 79.9. The number of nitrogens with zero attached hydrogens (tertiary/aromatic N) is 6. The zero-order chi connectivity index (χ0) is 13.8. The number of hydrogen-bond donors (Lipinski definition) is 1. The lowest BCUT2D eigenvalue weighted by atomic mass is 10.4. The summed E-state index contributed by atoms with van der Waals surface area (Å²) >= 11 is 4.37. The second-order valence-corrected chi connectivity index (χ2v) is 5.03. The lowest BCUT2D eigenvalue weighted by molar-refractivity contribution is -0.394. The van der Waals surface area contributed by atoms with Crippen LogP contribution in [0.15, 0.2) is 4.73 Å². The fraction of sp³-hybridized carbons (Fsp3) is 0.500. The first-order chi connectivity index (χ1) is 9.11. The second kappa shape index (κ2) is 6.02. The first-order valence-electron chi connectivity index (χ1n) is 5.41. The van der Waals surface area contributed by atoms with E-state index in [4.69, 9.17) is 0 Å². The van der Waals surface area contributed by atoms with E-state index < -0.39 is 10.9 Å². The van der Waals surface area contributed by atoms with Gasteiger partial charge in [0.15, 0.2) is 0 Å². The van der Waals surface area contributed by atoms with E-state index in [9.17, 15) is 10.1 Å². The SMILES string of the molecule is CCCNc1snnc1Cn1nc([N+](=O)[O-])nc1Br. The van der Waals surface area contributed by atoms with Crippen molar-refractivity contribution in [1.29, 1.82) is 0 Å². The van der Waals surface area contributed by atoms with Crippen LogP contribution in [0.1, 0.15) is 19.0 Å². The highest BCUT2D eigenvalue weighted by Crippen LogP contribution is 2.20. The molecule has 102 valence electrons. The van der Waals surface area contributed by atoms with Crippen LogP contribution >= 0.6 is 27.5 Å². The van der Waals surface area contributed by atoms with Gasteiger partial charge in [-0.3, -0.25) is 0 Å². The molecule has 0 saturated heterocycles. The monoisotopic (exact) mass is 347 g/mol. The van der Waals surface area contributed by atoms with Gasteiger partial charge in [-0.25, -0.2) is 0 Å². The average molecular weight is 348 g/mol. The molecule has 0 bridgehead atoms. The van der Waals surface area contributed by atoms with Gasteiger partial charge in [-0.2, -0.15) is 4.68 Å². The standard InChI is InChI=1S/C8H10BrN7O2S/c1-2-3-10-6-5(12-14-19-6)4-15-7(9)11-8(13-15)16(17)18/h10H,2-4H2,1H3. The van der Waals surface area contributed by atoms with Crippen LogP contribution in [-0.4, -0.2) is 35.8 Å². The Morgan fingerprint density at radius 3 is 3.00 bits per heavy atom. The van der Waals surface area contributed by atoms with Gasteiger partial charge in [0.1, 0.15) is 17.2 Å².